The molecule has 0 radical (unpaired) electrons. The van der Waals surface area contributed by atoms with Gasteiger partial charge < -0.3 is 30.0 Å². The van der Waals surface area contributed by atoms with Gasteiger partial charge in [0.05, 0.1) is 6.61 Å². The molecule has 1 aliphatic heterocycles. The van der Waals surface area contributed by atoms with Crippen LogP contribution in [0.2, 0.25) is 0 Å². The van der Waals surface area contributed by atoms with Crippen molar-refractivity contribution in [2.75, 3.05) is 20.2 Å². The molecule has 2 amide bonds. The normalized spacial score (nSPS) is 13.6. The first-order valence-corrected chi connectivity index (χ1v) is 12.0. The van der Waals surface area contributed by atoms with E-state index >= 15 is 0 Å². The van der Waals surface area contributed by atoms with Crippen LogP contribution in [0.15, 0.2) is 24.4 Å². The van der Waals surface area contributed by atoms with Crippen LogP contribution < -0.4 is 15.4 Å². The molecular weight excluding hydrogens is 434 g/mol. The minimum atomic E-state index is -0.655. The fraction of sp³-hybridized carbons (Fsp3) is 0.520. The second-order valence-electron chi connectivity index (χ2n) is 8.56. The fourth-order valence-electron chi connectivity index (χ4n) is 4.16. The number of aromatic amines is 1. The number of imidazole rings is 1. The standard InChI is InChI=1S/C25H35N5O4/c1-18-28-16-20(29-18)15-27-11-5-3-4-6-13-34-21-9-10-22-19(14-21)17-30(25(22)33)23(8-7-12-31)24(32)26-2/h9-10,12,14,16,23,27H,3-8,11,13,15,17H2,1-2H3,(H,26,32)(H,28,29). The molecule has 34 heavy (non-hydrogen) atoms. The molecule has 0 aliphatic carbocycles. The number of carbonyl (C=O) groups excluding carboxylic acids is 3. The van der Waals surface area contributed by atoms with E-state index in [1.54, 1.807) is 6.07 Å². The molecule has 0 saturated heterocycles. The summed E-state index contributed by atoms with van der Waals surface area (Å²) in [6.45, 7) is 4.69. The Morgan fingerprint density at radius 1 is 1.29 bits per heavy atom. The molecule has 1 unspecified atom stereocenters. The van der Waals surface area contributed by atoms with E-state index in [1.807, 2.05) is 25.3 Å². The summed E-state index contributed by atoms with van der Waals surface area (Å²) in [6.07, 6.45) is 7.47. The van der Waals surface area contributed by atoms with Crippen molar-refractivity contribution in [3.05, 3.63) is 47.0 Å². The number of H-pyrrole nitrogens is 1. The quantitative estimate of drug-likeness (QED) is 0.273. The maximum Gasteiger partial charge on any atom is 0.255 e. The van der Waals surface area contributed by atoms with Gasteiger partial charge in [-0.3, -0.25) is 9.59 Å². The number of hydrogen-bond donors (Lipinski definition) is 3. The van der Waals surface area contributed by atoms with Gasteiger partial charge in [-0.25, -0.2) is 4.98 Å². The number of nitrogens with zero attached hydrogens (tertiary/aromatic N) is 2. The zero-order valence-corrected chi connectivity index (χ0v) is 20.1. The highest BCUT2D eigenvalue weighted by Gasteiger charge is 2.35. The molecule has 1 atom stereocenters. The Kier molecular flexibility index (Phi) is 9.63. The summed E-state index contributed by atoms with van der Waals surface area (Å²) in [4.78, 5) is 44.8. The Hall–Kier alpha value is -3.20. The summed E-state index contributed by atoms with van der Waals surface area (Å²) in [5.41, 5.74) is 2.54. The molecule has 0 fully saturated rings. The number of fused-ring (bicyclic) bond motifs is 1. The van der Waals surface area contributed by atoms with Crippen molar-refractivity contribution in [3.63, 3.8) is 0 Å². The first-order chi connectivity index (χ1) is 16.5. The number of rotatable bonds is 15. The van der Waals surface area contributed by atoms with Crippen LogP contribution in [-0.2, 0) is 22.7 Å². The van der Waals surface area contributed by atoms with E-state index in [1.165, 1.54) is 11.9 Å². The lowest BCUT2D eigenvalue weighted by molar-refractivity contribution is -0.125. The molecule has 1 aromatic heterocycles. The highest BCUT2D eigenvalue weighted by atomic mass is 16.5. The molecule has 3 N–H and O–H groups in total. The summed E-state index contributed by atoms with van der Waals surface area (Å²) in [5.74, 6) is 1.23. The van der Waals surface area contributed by atoms with Crippen molar-refractivity contribution >= 4 is 18.1 Å². The number of benzene rings is 1. The van der Waals surface area contributed by atoms with Crippen molar-refractivity contribution < 1.29 is 19.1 Å². The SMILES string of the molecule is CNC(=O)C(CCC=O)N1Cc2cc(OCCCCCCNCc3cnc(C)[nH]3)ccc2C1=O. The number of aldehydes is 1. The van der Waals surface area contributed by atoms with E-state index < -0.39 is 6.04 Å². The molecule has 184 valence electrons. The van der Waals surface area contributed by atoms with Crippen molar-refractivity contribution in [2.45, 2.75) is 64.6 Å². The van der Waals surface area contributed by atoms with Crippen LogP contribution in [0.3, 0.4) is 0 Å². The van der Waals surface area contributed by atoms with Crippen LogP contribution in [0.1, 0.15) is 66.0 Å². The zero-order valence-electron chi connectivity index (χ0n) is 20.1. The zero-order chi connectivity index (χ0) is 24.3. The summed E-state index contributed by atoms with van der Waals surface area (Å²) in [6, 6.07) is 4.80. The van der Waals surface area contributed by atoms with Gasteiger partial charge in [0.1, 0.15) is 23.9 Å². The average molecular weight is 470 g/mol. The lowest BCUT2D eigenvalue weighted by Crippen LogP contribution is -2.46. The maximum absolute atomic E-state index is 12.8. The molecule has 2 aromatic rings. The monoisotopic (exact) mass is 469 g/mol. The van der Waals surface area contributed by atoms with Gasteiger partial charge in [-0.05, 0) is 56.5 Å². The van der Waals surface area contributed by atoms with Gasteiger partial charge in [-0.2, -0.15) is 0 Å². The van der Waals surface area contributed by atoms with Gasteiger partial charge in [0.15, 0.2) is 0 Å². The largest absolute Gasteiger partial charge is 0.494 e. The molecular formula is C25H35N5O4. The van der Waals surface area contributed by atoms with Crippen molar-refractivity contribution in [1.29, 1.82) is 0 Å². The summed E-state index contributed by atoms with van der Waals surface area (Å²) >= 11 is 0. The molecule has 0 bridgehead atoms. The third-order valence-electron chi connectivity index (χ3n) is 5.98. The Morgan fingerprint density at radius 2 is 2.12 bits per heavy atom. The predicted octanol–water partition coefficient (Wildman–Crippen LogP) is 2.50. The van der Waals surface area contributed by atoms with Gasteiger partial charge in [-0.15, -0.1) is 0 Å². The molecule has 9 nitrogen and oxygen atoms in total. The van der Waals surface area contributed by atoms with Gasteiger partial charge in [0, 0.05) is 44.0 Å². The van der Waals surface area contributed by atoms with Crippen molar-refractivity contribution in [2.24, 2.45) is 0 Å². The van der Waals surface area contributed by atoms with Crippen LogP contribution >= 0.6 is 0 Å². The number of hydrogen-bond acceptors (Lipinski definition) is 6. The number of amides is 2. The first kappa shape index (κ1) is 25.4. The number of likely N-dealkylation sites (N-methyl/N-ethyl adjacent to an activating group) is 1. The van der Waals surface area contributed by atoms with Crippen LogP contribution in [-0.4, -0.2) is 59.2 Å². The second-order valence-corrected chi connectivity index (χ2v) is 8.56. The number of nitrogens with one attached hydrogen (secondary N) is 3. The summed E-state index contributed by atoms with van der Waals surface area (Å²) < 4.78 is 5.90. The number of unbranched alkanes of at least 4 members (excludes halogenated alkanes) is 3. The number of aromatic nitrogens is 2. The Morgan fingerprint density at radius 3 is 2.85 bits per heavy atom. The van der Waals surface area contributed by atoms with E-state index in [2.05, 4.69) is 20.6 Å². The van der Waals surface area contributed by atoms with Gasteiger partial charge in [0.2, 0.25) is 5.91 Å². The average Bonchev–Trinajstić information content (AvgIpc) is 3.40. The number of ether oxygens (including phenoxy) is 1. The lowest BCUT2D eigenvalue weighted by atomic mass is 10.1. The van der Waals surface area contributed by atoms with E-state index in [-0.39, 0.29) is 18.2 Å². The van der Waals surface area contributed by atoms with E-state index in [4.69, 9.17) is 4.74 Å². The first-order valence-electron chi connectivity index (χ1n) is 12.0. The number of aryl methyl sites for hydroxylation is 1. The maximum atomic E-state index is 12.8. The van der Waals surface area contributed by atoms with E-state index in [9.17, 15) is 14.4 Å². The minimum Gasteiger partial charge on any atom is -0.494 e. The van der Waals surface area contributed by atoms with Crippen LogP contribution in [0.4, 0.5) is 0 Å². The number of carbonyl (C=O) groups is 3. The molecule has 0 spiro atoms. The predicted molar refractivity (Wildman–Crippen MR) is 128 cm³/mol. The van der Waals surface area contributed by atoms with Gasteiger partial charge in [0.25, 0.3) is 5.91 Å². The van der Waals surface area contributed by atoms with Gasteiger partial charge in [-0.1, -0.05) is 12.8 Å². The highest BCUT2D eigenvalue weighted by Crippen LogP contribution is 2.29. The molecule has 3 rings (SSSR count). The molecule has 1 aliphatic rings. The van der Waals surface area contributed by atoms with Crippen molar-refractivity contribution in [3.8, 4) is 5.75 Å². The molecule has 1 aromatic carbocycles. The third-order valence-corrected chi connectivity index (χ3v) is 5.98. The Bertz CT molecular complexity index is 974. The van der Waals surface area contributed by atoms with E-state index in [0.717, 1.165) is 67.9 Å². The summed E-state index contributed by atoms with van der Waals surface area (Å²) in [5, 5.41) is 6.01. The Labute approximate surface area is 200 Å². The van der Waals surface area contributed by atoms with Crippen molar-refractivity contribution in [1.82, 2.24) is 25.5 Å². The topological polar surface area (TPSA) is 116 Å². The van der Waals surface area contributed by atoms with E-state index in [0.29, 0.717) is 25.1 Å². The molecule has 0 saturated carbocycles. The molecule has 2 heterocycles. The van der Waals surface area contributed by atoms with Crippen LogP contribution in [0, 0.1) is 6.92 Å². The minimum absolute atomic E-state index is 0.183. The highest BCUT2D eigenvalue weighted by molar-refractivity contribution is 6.01. The Balaban J connectivity index is 1.37. The van der Waals surface area contributed by atoms with Crippen LogP contribution in [0.25, 0.3) is 0 Å². The summed E-state index contributed by atoms with van der Waals surface area (Å²) in [7, 11) is 1.54. The van der Waals surface area contributed by atoms with Crippen LogP contribution in [0.5, 0.6) is 5.75 Å². The second kappa shape index (κ2) is 12.9. The third kappa shape index (κ3) is 6.90. The fourth-order valence-corrected chi connectivity index (χ4v) is 4.16. The smallest absolute Gasteiger partial charge is 0.255 e. The van der Waals surface area contributed by atoms with Gasteiger partial charge >= 0.3 is 0 Å². The lowest BCUT2D eigenvalue weighted by Gasteiger charge is -2.25. The molecule has 9 heteroatoms.